The molecule has 6 nitrogen and oxygen atoms in total. The van der Waals surface area contributed by atoms with Gasteiger partial charge in [0.25, 0.3) is 0 Å². The van der Waals surface area contributed by atoms with Crippen LogP contribution >= 0.6 is 22.7 Å². The molecule has 1 N–H and O–H groups in total. The lowest BCUT2D eigenvalue weighted by Gasteiger charge is -2.21. The zero-order valence-corrected chi connectivity index (χ0v) is 18.1. The molecule has 4 rings (SSSR count). The van der Waals surface area contributed by atoms with Crippen molar-refractivity contribution in [1.82, 2.24) is 9.88 Å². The predicted molar refractivity (Wildman–Crippen MR) is 117 cm³/mol. The number of nitrogens with one attached hydrogen (secondary N) is 1. The molecule has 3 aromatic rings. The molecule has 1 saturated heterocycles. The Balaban J connectivity index is 1.42. The van der Waals surface area contributed by atoms with Crippen LogP contribution in [0.2, 0.25) is 0 Å². The normalized spacial score (nSPS) is 17.0. The van der Waals surface area contributed by atoms with Crippen LogP contribution in [0, 0.1) is 6.92 Å². The SMILES string of the molecule is CCOC(=O)c1sc(NC(=O)CN2CCC[C@@H]2c2nc3ccccc3s2)cc1C. The molecule has 152 valence electrons. The second-order valence-electron chi connectivity index (χ2n) is 7.04. The quantitative estimate of drug-likeness (QED) is 0.579. The van der Waals surface area contributed by atoms with Gasteiger partial charge in [0.15, 0.2) is 0 Å². The van der Waals surface area contributed by atoms with Gasteiger partial charge in [-0.2, -0.15) is 0 Å². The summed E-state index contributed by atoms with van der Waals surface area (Å²) in [5.41, 5.74) is 1.83. The number of aromatic nitrogens is 1. The molecule has 0 saturated carbocycles. The van der Waals surface area contributed by atoms with Crippen LogP contribution < -0.4 is 5.32 Å². The van der Waals surface area contributed by atoms with Gasteiger partial charge in [0.05, 0.1) is 34.4 Å². The van der Waals surface area contributed by atoms with Gasteiger partial charge in [-0.05, 0) is 57.0 Å². The Morgan fingerprint density at radius 2 is 2.14 bits per heavy atom. The number of anilines is 1. The van der Waals surface area contributed by atoms with Crippen molar-refractivity contribution in [2.75, 3.05) is 25.0 Å². The Bertz CT molecular complexity index is 1010. The summed E-state index contributed by atoms with van der Waals surface area (Å²) in [6.07, 6.45) is 2.07. The maximum Gasteiger partial charge on any atom is 0.348 e. The summed E-state index contributed by atoms with van der Waals surface area (Å²) in [5, 5.41) is 4.69. The van der Waals surface area contributed by atoms with Gasteiger partial charge in [-0.25, -0.2) is 9.78 Å². The lowest BCUT2D eigenvalue weighted by molar-refractivity contribution is -0.117. The van der Waals surface area contributed by atoms with E-state index >= 15 is 0 Å². The largest absolute Gasteiger partial charge is 0.462 e. The fourth-order valence-corrected chi connectivity index (χ4v) is 5.75. The van der Waals surface area contributed by atoms with Crippen molar-refractivity contribution >= 4 is 49.8 Å². The van der Waals surface area contributed by atoms with Crippen LogP contribution in [0.1, 0.15) is 46.0 Å². The maximum atomic E-state index is 12.7. The van der Waals surface area contributed by atoms with E-state index in [0.717, 1.165) is 35.5 Å². The molecule has 1 aliphatic heterocycles. The number of para-hydroxylation sites is 1. The number of esters is 1. The molecule has 0 aliphatic carbocycles. The number of likely N-dealkylation sites (tertiary alicyclic amines) is 1. The van der Waals surface area contributed by atoms with E-state index in [4.69, 9.17) is 9.72 Å². The van der Waals surface area contributed by atoms with E-state index in [2.05, 4.69) is 16.3 Å². The molecule has 0 spiro atoms. The number of carbonyl (C=O) groups excluding carboxylic acids is 2. The molecule has 29 heavy (non-hydrogen) atoms. The third kappa shape index (κ3) is 4.34. The summed E-state index contributed by atoms with van der Waals surface area (Å²) in [4.78, 5) is 32.1. The van der Waals surface area contributed by atoms with Gasteiger partial charge in [-0.3, -0.25) is 9.69 Å². The smallest absolute Gasteiger partial charge is 0.348 e. The Morgan fingerprint density at radius 1 is 1.31 bits per heavy atom. The number of thiophene rings is 1. The molecule has 1 fully saturated rings. The summed E-state index contributed by atoms with van der Waals surface area (Å²) in [6.45, 7) is 5.15. The van der Waals surface area contributed by atoms with Crippen LogP contribution in [0.5, 0.6) is 0 Å². The molecule has 8 heteroatoms. The third-order valence-electron chi connectivity index (χ3n) is 4.95. The van der Waals surface area contributed by atoms with Crippen molar-refractivity contribution < 1.29 is 14.3 Å². The molecule has 2 aromatic heterocycles. The van der Waals surface area contributed by atoms with Crippen molar-refractivity contribution in [2.45, 2.75) is 32.7 Å². The molecule has 1 amide bonds. The van der Waals surface area contributed by atoms with Crippen molar-refractivity contribution in [3.05, 3.63) is 45.8 Å². The minimum atomic E-state index is -0.342. The number of fused-ring (bicyclic) bond motifs is 1. The van der Waals surface area contributed by atoms with Gasteiger partial charge in [0.1, 0.15) is 9.88 Å². The van der Waals surface area contributed by atoms with Crippen LogP contribution in [-0.4, -0.2) is 41.5 Å². The predicted octanol–water partition coefficient (Wildman–Crippen LogP) is 4.62. The van der Waals surface area contributed by atoms with Gasteiger partial charge >= 0.3 is 5.97 Å². The number of nitrogens with zero attached hydrogens (tertiary/aromatic N) is 2. The number of benzene rings is 1. The number of thiazole rings is 1. The fraction of sp³-hybridized carbons (Fsp3) is 0.381. The number of hydrogen-bond donors (Lipinski definition) is 1. The Labute approximate surface area is 177 Å². The summed E-state index contributed by atoms with van der Waals surface area (Å²) < 4.78 is 6.25. The summed E-state index contributed by atoms with van der Waals surface area (Å²) in [6, 6.07) is 10.1. The van der Waals surface area contributed by atoms with Crippen LogP contribution in [-0.2, 0) is 9.53 Å². The highest BCUT2D eigenvalue weighted by molar-refractivity contribution is 7.18. The van der Waals surface area contributed by atoms with E-state index in [0.29, 0.717) is 23.0 Å². The zero-order valence-electron chi connectivity index (χ0n) is 16.4. The first-order valence-corrected chi connectivity index (χ1v) is 11.4. The van der Waals surface area contributed by atoms with Crippen molar-refractivity contribution in [3.8, 4) is 0 Å². The number of rotatable bonds is 6. The van der Waals surface area contributed by atoms with E-state index in [1.165, 1.54) is 16.0 Å². The zero-order chi connectivity index (χ0) is 20.4. The highest BCUT2D eigenvalue weighted by atomic mass is 32.1. The van der Waals surface area contributed by atoms with Gasteiger partial charge < -0.3 is 10.1 Å². The number of hydrogen-bond acceptors (Lipinski definition) is 7. The van der Waals surface area contributed by atoms with Gasteiger partial charge in [-0.15, -0.1) is 22.7 Å². The maximum absolute atomic E-state index is 12.7. The molecule has 1 aliphatic rings. The minimum Gasteiger partial charge on any atom is -0.462 e. The monoisotopic (exact) mass is 429 g/mol. The van der Waals surface area contributed by atoms with E-state index in [9.17, 15) is 9.59 Å². The van der Waals surface area contributed by atoms with Crippen molar-refractivity contribution in [3.63, 3.8) is 0 Å². The number of ether oxygens (including phenoxy) is 1. The topological polar surface area (TPSA) is 71.5 Å². The number of amides is 1. The average Bonchev–Trinajstić information content (AvgIpc) is 3.39. The molecule has 0 bridgehead atoms. The molecular weight excluding hydrogens is 406 g/mol. The fourth-order valence-electron chi connectivity index (χ4n) is 3.63. The average molecular weight is 430 g/mol. The summed E-state index contributed by atoms with van der Waals surface area (Å²) in [5.74, 6) is -0.416. The third-order valence-corrected chi connectivity index (χ3v) is 7.22. The standard InChI is InChI=1S/C21H23N3O3S2/c1-3-27-21(26)19-13(2)11-18(29-19)23-17(25)12-24-10-6-8-15(24)20-22-14-7-4-5-9-16(14)28-20/h4-5,7,9,11,15H,3,6,8,10,12H2,1-2H3,(H,23,25)/t15-/m1/s1. The molecule has 0 radical (unpaired) electrons. The Kier molecular flexibility index (Phi) is 5.94. The van der Waals surface area contributed by atoms with E-state index < -0.39 is 0 Å². The highest BCUT2D eigenvalue weighted by Crippen LogP contribution is 2.36. The van der Waals surface area contributed by atoms with Gasteiger partial charge in [0.2, 0.25) is 5.91 Å². The lowest BCUT2D eigenvalue weighted by Crippen LogP contribution is -2.32. The summed E-state index contributed by atoms with van der Waals surface area (Å²) in [7, 11) is 0. The minimum absolute atomic E-state index is 0.0744. The first-order valence-electron chi connectivity index (χ1n) is 9.72. The number of carbonyl (C=O) groups is 2. The highest BCUT2D eigenvalue weighted by Gasteiger charge is 2.30. The van der Waals surface area contributed by atoms with Gasteiger partial charge in [-0.1, -0.05) is 12.1 Å². The molecule has 1 aromatic carbocycles. The number of aryl methyl sites for hydroxylation is 1. The van der Waals surface area contributed by atoms with E-state index in [1.807, 2.05) is 31.2 Å². The van der Waals surface area contributed by atoms with Gasteiger partial charge in [0, 0.05) is 0 Å². The Morgan fingerprint density at radius 3 is 2.93 bits per heavy atom. The second-order valence-corrected chi connectivity index (χ2v) is 9.15. The van der Waals surface area contributed by atoms with Crippen LogP contribution in [0.25, 0.3) is 10.2 Å². The van der Waals surface area contributed by atoms with Crippen LogP contribution in [0.4, 0.5) is 5.00 Å². The summed E-state index contributed by atoms with van der Waals surface area (Å²) >= 11 is 2.97. The first-order chi connectivity index (χ1) is 14.0. The van der Waals surface area contributed by atoms with Crippen LogP contribution in [0.15, 0.2) is 30.3 Å². The van der Waals surface area contributed by atoms with E-state index in [-0.39, 0.29) is 17.9 Å². The van der Waals surface area contributed by atoms with Crippen molar-refractivity contribution in [2.24, 2.45) is 0 Å². The molecule has 1 atom stereocenters. The molecular formula is C21H23N3O3S2. The molecule has 0 unspecified atom stereocenters. The van der Waals surface area contributed by atoms with E-state index in [1.54, 1.807) is 18.3 Å². The van der Waals surface area contributed by atoms with Crippen LogP contribution in [0.3, 0.4) is 0 Å². The Hall–Kier alpha value is -2.29. The first kappa shape index (κ1) is 20.0. The second kappa shape index (κ2) is 8.61. The molecule has 3 heterocycles. The van der Waals surface area contributed by atoms with Crippen molar-refractivity contribution in [1.29, 1.82) is 0 Å². The lowest BCUT2D eigenvalue weighted by atomic mass is 10.2.